The van der Waals surface area contributed by atoms with Crippen LogP contribution in [0.4, 0.5) is 0 Å². The third-order valence-electron chi connectivity index (χ3n) is 0. The molecule has 0 heterocycles. The monoisotopic (exact) mass is 211 g/mol. The molecule has 0 amide bonds. The second-order valence-corrected chi connectivity index (χ2v) is 3.42. The Labute approximate surface area is 56.9 Å². The molecule has 0 unspecified atom stereocenters. The Bertz CT molecular complexity index is 353. The van der Waals surface area contributed by atoms with Crippen LogP contribution in [0, 0.1) is 0 Å². The Morgan fingerprint density at radius 1 is 0.778 bits per heavy atom. The first-order chi connectivity index (χ1) is 3.65. The standard InChI is InChI=1S/7O.Ti.V. The average molecular weight is 211 g/mol. The molecular formula is O7TiV. The van der Waals surface area contributed by atoms with Crippen molar-refractivity contribution in [2.24, 2.45) is 0 Å². The molecule has 0 atom stereocenters. The Balaban J connectivity index is 0. The number of rotatable bonds is 0. The maximum absolute atomic E-state index is 8.64. The van der Waals surface area contributed by atoms with Crippen molar-refractivity contribution in [1.29, 1.82) is 0 Å². The van der Waals surface area contributed by atoms with Gasteiger partial charge in [0.05, 0.1) is 0 Å². The van der Waals surface area contributed by atoms with Gasteiger partial charge < -0.3 is 0 Å². The second kappa shape index (κ2) is 3.16. The molecule has 0 bridgehead atoms. The van der Waals surface area contributed by atoms with Crippen LogP contribution in [-0.4, -0.2) is 0 Å². The van der Waals surface area contributed by atoms with Crippen LogP contribution in [0.15, 0.2) is 0 Å². The van der Waals surface area contributed by atoms with Gasteiger partial charge in [-0.05, 0) is 0 Å². The minimum absolute atomic E-state index is 2.00. The molecule has 0 aromatic heterocycles. The van der Waals surface area contributed by atoms with Gasteiger partial charge in [-0.15, -0.1) is 0 Å². The summed E-state index contributed by atoms with van der Waals surface area (Å²) in [5.74, 6) is 0. The average Bonchev–Trinajstić information content (AvgIpc) is 1.23. The Morgan fingerprint density at radius 3 is 0.778 bits per heavy atom. The van der Waals surface area contributed by atoms with Gasteiger partial charge in [0.15, 0.2) is 0 Å². The molecule has 0 aliphatic heterocycles. The van der Waals surface area contributed by atoms with Gasteiger partial charge in [-0.3, -0.25) is 0 Å². The van der Waals surface area contributed by atoms with E-state index in [0.29, 0.717) is 0 Å². The van der Waals surface area contributed by atoms with Crippen molar-refractivity contribution >= 4 is 0 Å². The van der Waals surface area contributed by atoms with Crippen LogP contribution in [0.5, 0.6) is 0 Å². The number of hydrogen-bond acceptors (Lipinski definition) is 7. The van der Waals surface area contributed by atoms with Gasteiger partial charge in [-0.1, -0.05) is 0 Å². The van der Waals surface area contributed by atoms with E-state index in [4.69, 9.17) is 25.0 Å². The summed E-state index contributed by atoms with van der Waals surface area (Å²) < 4.78 is 60.2. The fourth-order valence-electron chi connectivity index (χ4n) is 0. The van der Waals surface area contributed by atoms with Crippen LogP contribution in [-0.2, 0) is 56.7 Å². The van der Waals surface area contributed by atoms with Crippen molar-refractivity contribution in [3.63, 3.8) is 0 Å². The zero-order valence-electron chi connectivity index (χ0n) is 3.80. The molecule has 0 saturated carbocycles. The van der Waals surface area contributed by atoms with Gasteiger partial charge in [0.25, 0.3) is 0 Å². The molecule has 0 aromatic rings. The summed E-state index contributed by atoms with van der Waals surface area (Å²) in [6.45, 7) is 0. The van der Waals surface area contributed by atoms with E-state index in [1.807, 2.05) is 0 Å². The molecule has 0 aliphatic carbocycles. The van der Waals surface area contributed by atoms with Crippen molar-refractivity contribution in [3.8, 4) is 0 Å². The molecule has 0 aromatic carbocycles. The molecular weight excluding hydrogens is 211 g/mol. The molecule has 9 heteroatoms. The molecule has 7 nitrogen and oxygen atoms in total. The molecule has 0 fully saturated rings. The summed E-state index contributed by atoms with van der Waals surface area (Å²) in [4.78, 5) is 0. The molecule has 0 N–H and O–H groups in total. The van der Waals surface area contributed by atoms with Crippen LogP contribution in [0.1, 0.15) is 0 Å². The Morgan fingerprint density at radius 2 is 0.778 bits per heavy atom. The third-order valence-corrected chi connectivity index (χ3v) is 0. The summed E-state index contributed by atoms with van der Waals surface area (Å²) in [5, 5.41) is 0. The van der Waals surface area contributed by atoms with Crippen LogP contribution < -0.4 is 0 Å². The molecule has 0 radical (unpaired) electrons. The molecule has 51 valence electrons. The first-order valence-corrected chi connectivity index (χ1v) is 5.45. The Hall–Kier alpha value is -0.101. The van der Waals surface area contributed by atoms with Gasteiger partial charge in [0, 0.05) is 0 Å². The first-order valence-electron chi connectivity index (χ1n) is 1.32. The van der Waals surface area contributed by atoms with Crippen LogP contribution in [0.2, 0.25) is 0 Å². The van der Waals surface area contributed by atoms with Crippen LogP contribution in [0.25, 0.3) is 0 Å². The molecule has 0 aliphatic rings. The van der Waals surface area contributed by atoms with E-state index in [9.17, 15) is 0 Å². The summed E-state index contributed by atoms with van der Waals surface area (Å²) >= 11 is -9.74. The topological polar surface area (TPSA) is 119 Å². The normalized spacial score (nSPS) is 7.56. The van der Waals surface area contributed by atoms with Gasteiger partial charge in [0.2, 0.25) is 0 Å². The van der Waals surface area contributed by atoms with Gasteiger partial charge in [-0.25, -0.2) is 0 Å². The summed E-state index contributed by atoms with van der Waals surface area (Å²) in [5.41, 5.74) is 0. The Kier molecular flexibility index (Phi) is 4.10. The quantitative estimate of drug-likeness (QED) is 0.479. The van der Waals surface area contributed by atoms with Crippen LogP contribution >= 0.6 is 0 Å². The second-order valence-electron chi connectivity index (χ2n) is 0.829. The molecule has 0 saturated heterocycles. The molecule has 9 heavy (non-hydrogen) atoms. The van der Waals surface area contributed by atoms with E-state index in [1.165, 1.54) is 0 Å². The van der Waals surface area contributed by atoms with Gasteiger partial charge in [-0.2, -0.15) is 0 Å². The van der Waals surface area contributed by atoms with Gasteiger partial charge in [0.1, 0.15) is 0 Å². The number of hydrogen-bond donors (Lipinski definition) is 0. The summed E-state index contributed by atoms with van der Waals surface area (Å²) in [6.07, 6.45) is 0. The summed E-state index contributed by atoms with van der Waals surface area (Å²) in [7, 11) is 0. The predicted octanol–water partition coefficient (Wildman–Crippen LogP) is -0.837. The van der Waals surface area contributed by atoms with E-state index in [0.717, 1.165) is 0 Å². The van der Waals surface area contributed by atoms with Crippen molar-refractivity contribution in [1.82, 2.24) is 0 Å². The molecule has 0 spiro atoms. The van der Waals surface area contributed by atoms with E-state index in [-0.39, 0.29) is 0 Å². The van der Waals surface area contributed by atoms with Crippen LogP contribution in [0.3, 0.4) is 0 Å². The first kappa shape index (κ1) is 11.7. The SMILES string of the molecule is [O]=[Ti]=[O].[O]=[V](=[O])(=[O])(=[O])=[O]. The van der Waals surface area contributed by atoms with Crippen molar-refractivity contribution < 1.29 is 56.7 Å². The maximum atomic E-state index is 8.64. The fraction of sp³-hybridized carbons (Fsp3) is 0. The van der Waals surface area contributed by atoms with E-state index in [1.54, 1.807) is 0 Å². The summed E-state index contributed by atoms with van der Waals surface area (Å²) in [6, 6.07) is 0. The van der Waals surface area contributed by atoms with E-state index >= 15 is 0 Å². The van der Waals surface area contributed by atoms with E-state index in [2.05, 4.69) is 0 Å². The molecule has 0 rings (SSSR count). The zero-order chi connectivity index (χ0) is 8.15. The van der Waals surface area contributed by atoms with Gasteiger partial charge >= 0.3 is 56.7 Å². The fourth-order valence-corrected chi connectivity index (χ4v) is 0. The zero-order valence-corrected chi connectivity index (χ0v) is 6.76. The van der Waals surface area contributed by atoms with Crippen molar-refractivity contribution in [2.45, 2.75) is 0 Å². The van der Waals surface area contributed by atoms with E-state index < -0.39 is 31.7 Å². The third kappa shape index (κ3) is 26800. The minimum atomic E-state index is -7.74. The predicted molar refractivity (Wildman–Crippen MR) is 4.81 cm³/mol. The van der Waals surface area contributed by atoms with Crippen molar-refractivity contribution in [2.75, 3.05) is 0 Å². The van der Waals surface area contributed by atoms with Crippen molar-refractivity contribution in [3.05, 3.63) is 0 Å².